The molecule has 1 aromatic rings. The Morgan fingerprint density at radius 1 is 1.11 bits per heavy atom. The Labute approximate surface area is 211 Å². The summed E-state index contributed by atoms with van der Waals surface area (Å²) in [5.41, 5.74) is 5.40. The van der Waals surface area contributed by atoms with E-state index in [9.17, 15) is 24.0 Å². The lowest BCUT2D eigenvalue weighted by molar-refractivity contribution is -0.146. The summed E-state index contributed by atoms with van der Waals surface area (Å²) < 4.78 is 9.78. The number of nitrogens with two attached hydrogens (primary N) is 1. The minimum atomic E-state index is -1.42. The molecule has 1 rings (SSSR count). The fourth-order valence-corrected chi connectivity index (χ4v) is 3.24. The van der Waals surface area contributed by atoms with E-state index in [1.54, 1.807) is 58.9 Å². The molecule has 0 aromatic heterocycles. The largest absolute Gasteiger partial charge is 0.468 e. The zero-order valence-corrected chi connectivity index (χ0v) is 21.4. The minimum absolute atomic E-state index is 0.383. The van der Waals surface area contributed by atoms with E-state index in [2.05, 4.69) is 21.3 Å². The predicted molar refractivity (Wildman–Crippen MR) is 131 cm³/mol. The van der Waals surface area contributed by atoms with Gasteiger partial charge in [0.2, 0.25) is 17.7 Å². The van der Waals surface area contributed by atoms with Crippen LogP contribution in [0.4, 0.5) is 4.79 Å². The number of methoxy groups -OCH3 is 1. The number of hydrogen-bond acceptors (Lipinski definition) is 7. The van der Waals surface area contributed by atoms with Crippen molar-refractivity contribution in [1.82, 2.24) is 15.5 Å². The van der Waals surface area contributed by atoms with E-state index in [4.69, 9.17) is 16.9 Å². The van der Waals surface area contributed by atoms with Crippen LogP contribution in [0.25, 0.3) is 0 Å². The Bertz CT molecular complexity index is 1010. The third kappa shape index (κ3) is 9.29. The first-order valence-corrected chi connectivity index (χ1v) is 11.2. The van der Waals surface area contributed by atoms with Crippen molar-refractivity contribution in [2.24, 2.45) is 5.73 Å². The highest BCUT2D eigenvalue weighted by molar-refractivity contribution is 5.95. The maximum atomic E-state index is 13.7. The van der Waals surface area contributed by atoms with Crippen molar-refractivity contribution >= 4 is 29.8 Å². The lowest BCUT2D eigenvalue weighted by atomic mass is 9.99. The van der Waals surface area contributed by atoms with Gasteiger partial charge in [0.05, 0.1) is 13.5 Å². The zero-order chi connectivity index (χ0) is 27.6. The number of carbonyl (C=O) groups is 5. The second-order valence-corrected chi connectivity index (χ2v) is 9.17. The van der Waals surface area contributed by atoms with Crippen LogP contribution in [0.3, 0.4) is 0 Å². The van der Waals surface area contributed by atoms with Gasteiger partial charge in [0.25, 0.3) is 0 Å². The topological polar surface area (TPSA) is 157 Å². The molecule has 36 heavy (non-hydrogen) atoms. The first kappa shape index (κ1) is 30.0. The summed E-state index contributed by atoms with van der Waals surface area (Å²) in [6.45, 7) is 7.79. The highest BCUT2D eigenvalue weighted by atomic mass is 16.6. The van der Waals surface area contributed by atoms with E-state index in [0.717, 1.165) is 0 Å². The normalized spacial score (nSPS) is 12.5. The number of terminal acetylenes is 1. The molecule has 11 heteroatoms. The highest BCUT2D eigenvalue weighted by Crippen LogP contribution is 2.26. The van der Waals surface area contributed by atoms with Crippen molar-refractivity contribution in [3.8, 4) is 12.3 Å². The van der Waals surface area contributed by atoms with E-state index < -0.39 is 66.5 Å². The predicted octanol–water partition coefficient (Wildman–Crippen LogP) is 1.00. The average Bonchev–Trinajstić information content (AvgIpc) is 2.78. The molecule has 2 atom stereocenters. The number of carbonyl (C=O) groups excluding carboxylic acids is 5. The SMILES string of the molecule is C#Cc1ccc(C(C(=O)NCC(=O)OC)N(C(=O)C(CC(N)=O)NC(=O)OC(C)(C)C)C(C)C)cc1. The molecule has 4 N–H and O–H groups in total. The minimum Gasteiger partial charge on any atom is -0.468 e. The van der Waals surface area contributed by atoms with Gasteiger partial charge in [-0.15, -0.1) is 6.42 Å². The summed E-state index contributed by atoms with van der Waals surface area (Å²) >= 11 is 0. The van der Waals surface area contributed by atoms with Crippen molar-refractivity contribution in [1.29, 1.82) is 0 Å². The quantitative estimate of drug-likeness (QED) is 0.318. The lowest BCUT2D eigenvalue weighted by Gasteiger charge is -2.37. The molecule has 4 amide bonds. The molecule has 0 bridgehead atoms. The van der Waals surface area contributed by atoms with Gasteiger partial charge in [0.15, 0.2) is 0 Å². The molecule has 11 nitrogen and oxygen atoms in total. The molecule has 0 saturated heterocycles. The molecular formula is C25H34N4O7. The molecule has 0 spiro atoms. The molecule has 0 heterocycles. The molecule has 196 valence electrons. The van der Waals surface area contributed by atoms with Crippen molar-refractivity contribution in [2.45, 2.75) is 64.8 Å². The van der Waals surface area contributed by atoms with E-state index in [0.29, 0.717) is 11.1 Å². The van der Waals surface area contributed by atoms with E-state index >= 15 is 0 Å². The van der Waals surface area contributed by atoms with Crippen LogP contribution in [0.5, 0.6) is 0 Å². The van der Waals surface area contributed by atoms with E-state index in [1.807, 2.05) is 0 Å². The second kappa shape index (κ2) is 13.1. The highest BCUT2D eigenvalue weighted by Gasteiger charge is 2.38. The van der Waals surface area contributed by atoms with E-state index in [-0.39, 0.29) is 0 Å². The van der Waals surface area contributed by atoms with Crippen LogP contribution in [-0.2, 0) is 28.7 Å². The molecular weight excluding hydrogens is 468 g/mol. The lowest BCUT2D eigenvalue weighted by Crippen LogP contribution is -2.56. The first-order valence-electron chi connectivity index (χ1n) is 11.2. The van der Waals surface area contributed by atoms with Crippen LogP contribution < -0.4 is 16.4 Å². The van der Waals surface area contributed by atoms with Gasteiger partial charge in [0.1, 0.15) is 24.2 Å². The number of primary amides is 1. The summed E-state index contributed by atoms with van der Waals surface area (Å²) in [6, 6.07) is 3.09. The average molecular weight is 503 g/mol. The molecule has 0 aliphatic rings. The number of nitrogens with one attached hydrogen (secondary N) is 2. The van der Waals surface area contributed by atoms with Crippen LogP contribution in [0.1, 0.15) is 58.2 Å². The Morgan fingerprint density at radius 3 is 2.14 bits per heavy atom. The Hall–Kier alpha value is -4.07. The number of nitrogens with zero attached hydrogens (tertiary/aromatic N) is 1. The molecule has 0 fully saturated rings. The van der Waals surface area contributed by atoms with Crippen LogP contribution in [0.2, 0.25) is 0 Å². The molecule has 1 aromatic carbocycles. The number of hydrogen-bond donors (Lipinski definition) is 3. The third-order valence-electron chi connectivity index (χ3n) is 4.76. The van der Waals surface area contributed by atoms with Crippen LogP contribution in [0, 0.1) is 12.3 Å². The van der Waals surface area contributed by atoms with Crippen molar-refractivity contribution in [2.75, 3.05) is 13.7 Å². The molecule has 0 aliphatic heterocycles. The number of amides is 4. The van der Waals surface area contributed by atoms with Crippen LogP contribution >= 0.6 is 0 Å². The standard InChI is InChI=1S/C25H34N4O7/c1-8-16-9-11-17(12-10-16)21(22(32)27-14-20(31)35-7)29(15(2)3)23(33)18(13-19(26)30)28-24(34)36-25(4,5)6/h1,9-12,15,18,21H,13-14H2,2-7H3,(H2,26,30)(H,27,32)(H,28,34). The van der Waals surface area contributed by atoms with Gasteiger partial charge in [0, 0.05) is 11.6 Å². The summed E-state index contributed by atoms with van der Waals surface area (Å²) in [6.07, 6.45) is 3.96. The maximum Gasteiger partial charge on any atom is 0.408 e. The van der Waals surface area contributed by atoms with Crippen molar-refractivity contribution < 1.29 is 33.4 Å². The molecule has 0 saturated carbocycles. The summed E-state index contributed by atoms with van der Waals surface area (Å²) in [5, 5.41) is 4.83. The number of ether oxygens (including phenoxy) is 2. The smallest absolute Gasteiger partial charge is 0.408 e. The van der Waals surface area contributed by atoms with Gasteiger partial charge in [-0.05, 0) is 52.3 Å². The number of esters is 1. The van der Waals surface area contributed by atoms with Crippen molar-refractivity contribution in [3.05, 3.63) is 35.4 Å². The van der Waals surface area contributed by atoms with Gasteiger partial charge in [-0.2, -0.15) is 0 Å². The second-order valence-electron chi connectivity index (χ2n) is 9.17. The Balaban J connectivity index is 3.48. The first-order chi connectivity index (χ1) is 16.7. The third-order valence-corrected chi connectivity index (χ3v) is 4.76. The number of benzene rings is 1. The molecule has 2 unspecified atom stereocenters. The Morgan fingerprint density at radius 2 is 1.69 bits per heavy atom. The van der Waals surface area contributed by atoms with Crippen LogP contribution in [-0.4, -0.2) is 66.0 Å². The summed E-state index contributed by atoms with van der Waals surface area (Å²) in [5.74, 6) is -0.513. The van der Waals surface area contributed by atoms with Gasteiger partial charge in [-0.25, -0.2) is 4.79 Å². The molecule has 0 radical (unpaired) electrons. The van der Waals surface area contributed by atoms with Gasteiger partial charge < -0.3 is 30.7 Å². The fraction of sp³-hybridized carbons (Fsp3) is 0.480. The maximum absolute atomic E-state index is 13.7. The summed E-state index contributed by atoms with van der Waals surface area (Å²) in [4.78, 5) is 63.9. The molecule has 0 aliphatic carbocycles. The van der Waals surface area contributed by atoms with Gasteiger partial charge in [-0.1, -0.05) is 18.1 Å². The van der Waals surface area contributed by atoms with E-state index in [1.165, 1.54) is 12.0 Å². The van der Waals surface area contributed by atoms with Crippen molar-refractivity contribution in [3.63, 3.8) is 0 Å². The van der Waals surface area contributed by atoms with Crippen LogP contribution in [0.15, 0.2) is 24.3 Å². The monoisotopic (exact) mass is 502 g/mol. The Kier molecular flexibility index (Phi) is 10.9. The summed E-state index contributed by atoms with van der Waals surface area (Å²) in [7, 11) is 1.17. The van der Waals surface area contributed by atoms with Gasteiger partial charge >= 0.3 is 12.1 Å². The fourth-order valence-electron chi connectivity index (χ4n) is 3.24. The number of rotatable bonds is 10. The zero-order valence-electron chi connectivity index (χ0n) is 21.4. The van der Waals surface area contributed by atoms with Gasteiger partial charge in [-0.3, -0.25) is 19.2 Å². The number of alkyl carbamates (subject to hydrolysis) is 1.